The molecule has 3 nitrogen and oxygen atoms in total. The standard InChI is InChI=1S/C21H33NO2/c1-19-9-6-16(23)13-15(19)3-4-18-17(19)7-10-20(2)14(8-12-22)5-11-21(18,20)24/h14-18,23-24H,3-11,13H2,1-2H3/t14-,15-,16+,17+,18-,19+,20-,21+/m1/s1. The third-order valence-corrected chi connectivity index (χ3v) is 9.35. The van der Waals surface area contributed by atoms with E-state index in [1.165, 1.54) is 6.42 Å². The lowest BCUT2D eigenvalue weighted by atomic mass is 9.43. The van der Waals surface area contributed by atoms with Gasteiger partial charge in [0.1, 0.15) is 0 Å². The Morgan fingerprint density at radius 2 is 1.79 bits per heavy atom. The van der Waals surface area contributed by atoms with Crippen LogP contribution in [-0.4, -0.2) is 21.9 Å². The summed E-state index contributed by atoms with van der Waals surface area (Å²) in [6, 6.07) is 2.38. The molecule has 4 rings (SSSR count). The first-order valence-electron chi connectivity index (χ1n) is 10.1. The van der Waals surface area contributed by atoms with E-state index in [9.17, 15) is 15.5 Å². The average molecular weight is 332 g/mol. The number of aliphatic hydroxyl groups excluding tert-OH is 1. The molecule has 0 aliphatic heterocycles. The summed E-state index contributed by atoms with van der Waals surface area (Å²) in [6.45, 7) is 4.73. The van der Waals surface area contributed by atoms with Crippen LogP contribution in [0.1, 0.15) is 78.1 Å². The summed E-state index contributed by atoms with van der Waals surface area (Å²) < 4.78 is 0. The Labute approximate surface area is 146 Å². The fourth-order valence-electron chi connectivity index (χ4n) is 7.75. The highest BCUT2D eigenvalue weighted by Crippen LogP contribution is 2.69. The molecule has 0 amide bonds. The molecule has 4 aliphatic rings. The van der Waals surface area contributed by atoms with Crippen LogP contribution in [0.5, 0.6) is 0 Å². The van der Waals surface area contributed by atoms with Crippen LogP contribution in [0.15, 0.2) is 0 Å². The van der Waals surface area contributed by atoms with Gasteiger partial charge in [-0.2, -0.15) is 5.26 Å². The van der Waals surface area contributed by atoms with Crippen molar-refractivity contribution in [2.45, 2.75) is 89.8 Å². The van der Waals surface area contributed by atoms with Gasteiger partial charge in [-0.1, -0.05) is 13.8 Å². The SMILES string of the molecule is C[C@]12CC[C@H](O)C[C@H]1CC[C@@H]1[C@@H]2CC[C@]2(C)[C@@H](CC#N)CC[C@]12O. The Balaban J connectivity index is 1.65. The Morgan fingerprint density at radius 3 is 2.54 bits per heavy atom. The zero-order valence-electron chi connectivity index (χ0n) is 15.3. The topological polar surface area (TPSA) is 64.2 Å². The van der Waals surface area contributed by atoms with Crippen LogP contribution in [0.3, 0.4) is 0 Å². The van der Waals surface area contributed by atoms with Gasteiger partial charge in [-0.05, 0) is 86.9 Å². The van der Waals surface area contributed by atoms with Gasteiger partial charge in [0.25, 0.3) is 0 Å². The maximum Gasteiger partial charge on any atom is 0.0735 e. The van der Waals surface area contributed by atoms with E-state index < -0.39 is 5.60 Å². The molecule has 4 aliphatic carbocycles. The zero-order valence-corrected chi connectivity index (χ0v) is 15.3. The second-order valence-electron chi connectivity index (χ2n) is 9.90. The molecule has 0 unspecified atom stereocenters. The molecule has 0 bridgehead atoms. The predicted octanol–water partition coefficient (Wildman–Crippen LogP) is 4.03. The summed E-state index contributed by atoms with van der Waals surface area (Å²) in [5.41, 5.74) is -0.338. The second-order valence-corrected chi connectivity index (χ2v) is 9.90. The predicted molar refractivity (Wildman–Crippen MR) is 92.9 cm³/mol. The zero-order chi connectivity index (χ0) is 17.2. The quantitative estimate of drug-likeness (QED) is 0.762. The molecule has 0 saturated heterocycles. The van der Waals surface area contributed by atoms with Gasteiger partial charge < -0.3 is 10.2 Å². The third-order valence-electron chi connectivity index (χ3n) is 9.35. The van der Waals surface area contributed by atoms with Gasteiger partial charge in [0.2, 0.25) is 0 Å². The molecule has 0 aromatic carbocycles. The maximum atomic E-state index is 11.9. The number of nitriles is 1. The molecule has 2 N–H and O–H groups in total. The highest BCUT2D eigenvalue weighted by molar-refractivity contribution is 5.17. The molecule has 0 spiro atoms. The van der Waals surface area contributed by atoms with Crippen LogP contribution in [0.25, 0.3) is 0 Å². The summed E-state index contributed by atoms with van der Waals surface area (Å²) >= 11 is 0. The number of hydrogen-bond acceptors (Lipinski definition) is 3. The number of nitrogens with zero attached hydrogens (tertiary/aromatic N) is 1. The van der Waals surface area contributed by atoms with Crippen molar-refractivity contribution in [3.05, 3.63) is 0 Å². The molecule has 4 fully saturated rings. The van der Waals surface area contributed by atoms with Crippen molar-refractivity contribution in [1.29, 1.82) is 5.26 Å². The molecule has 3 heteroatoms. The molecule has 0 aromatic rings. The van der Waals surface area contributed by atoms with Crippen molar-refractivity contribution in [3.8, 4) is 6.07 Å². The Hall–Kier alpha value is -0.590. The van der Waals surface area contributed by atoms with E-state index in [0.717, 1.165) is 51.4 Å². The Bertz CT molecular complexity index is 557. The smallest absolute Gasteiger partial charge is 0.0735 e. The highest BCUT2D eigenvalue weighted by atomic mass is 16.3. The summed E-state index contributed by atoms with van der Waals surface area (Å²) in [6.07, 6.45) is 9.97. The maximum absolute atomic E-state index is 11.9. The largest absolute Gasteiger partial charge is 0.393 e. The van der Waals surface area contributed by atoms with Crippen molar-refractivity contribution in [2.24, 2.45) is 34.5 Å². The third kappa shape index (κ3) is 2.02. The second kappa shape index (κ2) is 5.45. The van der Waals surface area contributed by atoms with E-state index in [4.69, 9.17) is 0 Å². The van der Waals surface area contributed by atoms with Gasteiger partial charge in [-0.25, -0.2) is 0 Å². The van der Waals surface area contributed by atoms with E-state index in [0.29, 0.717) is 35.5 Å². The molecule has 24 heavy (non-hydrogen) atoms. The van der Waals surface area contributed by atoms with E-state index in [-0.39, 0.29) is 11.5 Å². The van der Waals surface area contributed by atoms with Gasteiger partial charge in [-0.3, -0.25) is 0 Å². The van der Waals surface area contributed by atoms with Crippen molar-refractivity contribution in [2.75, 3.05) is 0 Å². The summed E-state index contributed by atoms with van der Waals surface area (Å²) in [4.78, 5) is 0. The van der Waals surface area contributed by atoms with Gasteiger partial charge in [0.15, 0.2) is 0 Å². The monoisotopic (exact) mass is 331 g/mol. The minimum absolute atomic E-state index is 0.0682. The first-order chi connectivity index (χ1) is 11.3. The van der Waals surface area contributed by atoms with Crippen molar-refractivity contribution < 1.29 is 10.2 Å². The van der Waals surface area contributed by atoms with Crippen molar-refractivity contribution in [1.82, 2.24) is 0 Å². The lowest BCUT2D eigenvalue weighted by Gasteiger charge is -2.63. The van der Waals surface area contributed by atoms with Crippen LogP contribution in [-0.2, 0) is 0 Å². The van der Waals surface area contributed by atoms with E-state index >= 15 is 0 Å². The van der Waals surface area contributed by atoms with Gasteiger partial charge in [-0.15, -0.1) is 0 Å². The van der Waals surface area contributed by atoms with E-state index in [1.54, 1.807) is 0 Å². The van der Waals surface area contributed by atoms with Crippen LogP contribution in [0, 0.1) is 45.8 Å². The first kappa shape index (κ1) is 16.9. The molecular formula is C21H33NO2. The molecule has 134 valence electrons. The molecule has 4 saturated carbocycles. The van der Waals surface area contributed by atoms with Crippen LogP contribution in [0.4, 0.5) is 0 Å². The fourth-order valence-corrected chi connectivity index (χ4v) is 7.75. The lowest BCUT2D eigenvalue weighted by molar-refractivity contribution is -0.209. The number of rotatable bonds is 1. The Morgan fingerprint density at radius 1 is 1.00 bits per heavy atom. The molecule has 0 aromatic heterocycles. The highest BCUT2D eigenvalue weighted by Gasteiger charge is 2.66. The van der Waals surface area contributed by atoms with Crippen molar-refractivity contribution >= 4 is 0 Å². The van der Waals surface area contributed by atoms with E-state index in [2.05, 4.69) is 19.9 Å². The minimum atomic E-state index is -0.568. The van der Waals surface area contributed by atoms with Gasteiger partial charge in [0, 0.05) is 11.8 Å². The number of fused-ring (bicyclic) bond motifs is 5. The molecular weight excluding hydrogens is 298 g/mol. The lowest BCUT2D eigenvalue weighted by Crippen LogP contribution is -2.62. The number of hydrogen-bond donors (Lipinski definition) is 2. The molecule has 8 atom stereocenters. The van der Waals surface area contributed by atoms with Crippen LogP contribution >= 0.6 is 0 Å². The van der Waals surface area contributed by atoms with Crippen LogP contribution in [0.2, 0.25) is 0 Å². The van der Waals surface area contributed by atoms with E-state index in [1.807, 2.05) is 0 Å². The molecule has 0 heterocycles. The summed E-state index contributed by atoms with van der Waals surface area (Å²) in [5, 5.41) is 31.2. The molecule has 0 radical (unpaired) electrons. The van der Waals surface area contributed by atoms with Gasteiger partial charge in [0.05, 0.1) is 17.8 Å². The average Bonchev–Trinajstić information content (AvgIpc) is 2.81. The normalized spacial score (nSPS) is 56.7. The first-order valence-corrected chi connectivity index (χ1v) is 10.1. The summed E-state index contributed by atoms with van der Waals surface area (Å²) in [7, 11) is 0. The Kier molecular flexibility index (Phi) is 3.83. The van der Waals surface area contributed by atoms with Crippen LogP contribution < -0.4 is 0 Å². The summed E-state index contributed by atoms with van der Waals surface area (Å²) in [5.74, 6) is 2.00. The number of aliphatic hydroxyl groups is 2. The minimum Gasteiger partial charge on any atom is -0.393 e. The fraction of sp³-hybridized carbons (Fsp3) is 0.952. The van der Waals surface area contributed by atoms with Crippen molar-refractivity contribution in [3.63, 3.8) is 0 Å². The van der Waals surface area contributed by atoms with Gasteiger partial charge >= 0.3 is 0 Å².